The van der Waals surface area contributed by atoms with E-state index < -0.39 is 28.8 Å². The third-order valence-electron chi connectivity index (χ3n) is 8.90. The van der Waals surface area contributed by atoms with Crippen LogP contribution in [0.25, 0.3) is 10.9 Å². The van der Waals surface area contributed by atoms with Gasteiger partial charge in [-0.05, 0) is 102 Å². The van der Waals surface area contributed by atoms with Crippen LogP contribution < -0.4 is 19.7 Å². The van der Waals surface area contributed by atoms with E-state index in [0.29, 0.717) is 57.8 Å². The number of carbonyl (C=O) groups is 3. The highest BCUT2D eigenvalue weighted by atomic mass is 16.6. The number of aromatic nitrogens is 4. The molecule has 2 aliphatic carbocycles. The Balaban J connectivity index is 1.30. The van der Waals surface area contributed by atoms with Crippen LogP contribution in [0.1, 0.15) is 89.5 Å². The minimum Gasteiger partial charge on any atom is -0.497 e. The van der Waals surface area contributed by atoms with Crippen LogP contribution in [0.2, 0.25) is 0 Å². The minimum absolute atomic E-state index is 0.296. The highest BCUT2D eigenvalue weighted by Crippen LogP contribution is 2.67. The van der Waals surface area contributed by atoms with E-state index >= 15 is 0 Å². The van der Waals surface area contributed by atoms with Gasteiger partial charge in [-0.25, -0.2) is 24.5 Å². The Bertz CT molecular complexity index is 2020. The molecule has 2 amide bonds. The zero-order chi connectivity index (χ0) is 35.0. The topological polar surface area (TPSA) is 147 Å². The first-order valence-corrected chi connectivity index (χ1v) is 16.3. The Hall–Kier alpha value is -5.20. The molecule has 2 saturated carbocycles. The van der Waals surface area contributed by atoms with Crippen molar-refractivity contribution in [3.05, 3.63) is 59.4 Å². The van der Waals surface area contributed by atoms with Crippen molar-refractivity contribution >= 4 is 46.3 Å². The summed E-state index contributed by atoms with van der Waals surface area (Å²) < 4.78 is 23.6. The number of carbonyl (C=O) groups excluding carboxylic acids is 3. The summed E-state index contributed by atoms with van der Waals surface area (Å²) in [4.78, 5) is 51.5. The Kier molecular flexibility index (Phi) is 7.38. The van der Waals surface area contributed by atoms with Gasteiger partial charge in [0.15, 0.2) is 11.6 Å². The van der Waals surface area contributed by atoms with E-state index in [1.165, 1.54) is 11.8 Å². The number of nitrogens with zero attached hydrogens (tertiary/aromatic N) is 5. The molecule has 0 bridgehead atoms. The van der Waals surface area contributed by atoms with Crippen molar-refractivity contribution < 1.29 is 33.3 Å². The van der Waals surface area contributed by atoms with E-state index in [4.69, 9.17) is 23.9 Å². The van der Waals surface area contributed by atoms with Crippen LogP contribution in [0.3, 0.4) is 0 Å². The van der Waals surface area contributed by atoms with Crippen molar-refractivity contribution in [2.45, 2.75) is 89.3 Å². The molecule has 13 nitrogen and oxygen atoms in total. The number of amides is 2. The number of rotatable bonds is 6. The van der Waals surface area contributed by atoms with Crippen LogP contribution in [0.4, 0.5) is 26.9 Å². The molecule has 4 aromatic rings. The van der Waals surface area contributed by atoms with Gasteiger partial charge in [0.1, 0.15) is 17.0 Å². The maximum Gasteiger partial charge on any atom is 0.435 e. The monoisotopic (exact) mass is 668 g/mol. The molecule has 2 fully saturated rings. The van der Waals surface area contributed by atoms with Gasteiger partial charge in [0.05, 0.1) is 42.7 Å². The third kappa shape index (κ3) is 5.70. The zero-order valence-electron chi connectivity index (χ0n) is 28.9. The number of nitrogens with one attached hydrogen (secondary N) is 1. The summed E-state index contributed by atoms with van der Waals surface area (Å²) in [6.45, 7) is 10.6. The first kappa shape index (κ1) is 32.4. The molecule has 2 aromatic carbocycles. The number of hydrogen-bond acceptors (Lipinski definition) is 11. The summed E-state index contributed by atoms with van der Waals surface area (Å²) in [5.41, 5.74) is 0.700. The number of anilines is 3. The predicted molar refractivity (Wildman–Crippen MR) is 181 cm³/mol. The Morgan fingerprint density at radius 1 is 0.918 bits per heavy atom. The van der Waals surface area contributed by atoms with Crippen molar-refractivity contribution in [3.63, 3.8) is 0 Å². The van der Waals surface area contributed by atoms with Crippen molar-refractivity contribution in [2.24, 2.45) is 0 Å². The molecule has 0 unspecified atom stereocenters. The molecule has 0 saturated heterocycles. The number of ether oxygens (including phenoxy) is 4. The second-order valence-electron chi connectivity index (χ2n) is 14.8. The number of fused-ring (bicyclic) bond motifs is 3. The van der Waals surface area contributed by atoms with Crippen LogP contribution in [0.15, 0.2) is 42.6 Å². The van der Waals surface area contributed by atoms with E-state index in [-0.39, 0.29) is 11.8 Å². The standard InChI is InChI=1S/C36H40N6O7/c1-34(2,3)48-32(44)41-26-14-12-21(46-7)16-23(26)36(31(41)43)17-24(36)20-11-13-22-27(15-20)42(33(45)49-35(4,5)6)40-28(22)39-29-30(47-8)37-18-25(38-29)19-9-10-19/h11-16,18-19,24H,9-10,17H2,1-8H3,(H,38,39,40)/t24-,36-/m0/s1. The number of methoxy groups -OCH3 is 2. The van der Waals surface area contributed by atoms with Gasteiger partial charge in [0.25, 0.3) is 5.88 Å². The molecule has 1 spiro atoms. The molecule has 3 aliphatic rings. The molecule has 2 atom stereocenters. The van der Waals surface area contributed by atoms with Crippen LogP contribution in [-0.2, 0) is 19.7 Å². The zero-order valence-corrected chi connectivity index (χ0v) is 28.9. The Labute approximate surface area is 283 Å². The summed E-state index contributed by atoms with van der Waals surface area (Å²) in [6.07, 6.45) is 2.88. The van der Waals surface area contributed by atoms with Gasteiger partial charge in [-0.2, -0.15) is 4.68 Å². The maximum absolute atomic E-state index is 14.3. The fourth-order valence-electron chi connectivity index (χ4n) is 6.50. The predicted octanol–water partition coefficient (Wildman–Crippen LogP) is 6.95. The van der Waals surface area contributed by atoms with Gasteiger partial charge in [0, 0.05) is 17.2 Å². The Morgan fingerprint density at radius 2 is 1.63 bits per heavy atom. The maximum atomic E-state index is 14.3. The molecule has 49 heavy (non-hydrogen) atoms. The second-order valence-corrected chi connectivity index (χ2v) is 14.8. The molecule has 0 radical (unpaired) electrons. The lowest BCUT2D eigenvalue weighted by Crippen LogP contribution is -2.41. The smallest absolute Gasteiger partial charge is 0.435 e. The van der Waals surface area contributed by atoms with Gasteiger partial charge in [-0.1, -0.05) is 6.07 Å². The molecule has 256 valence electrons. The lowest BCUT2D eigenvalue weighted by atomic mass is 9.91. The first-order valence-electron chi connectivity index (χ1n) is 16.3. The molecule has 1 aliphatic heterocycles. The normalized spacial score (nSPS) is 20.0. The molecule has 7 rings (SSSR count). The first-order chi connectivity index (χ1) is 23.1. The van der Waals surface area contributed by atoms with Gasteiger partial charge in [-0.15, -0.1) is 5.10 Å². The van der Waals surface area contributed by atoms with Gasteiger partial charge in [-0.3, -0.25) is 4.79 Å². The largest absolute Gasteiger partial charge is 0.497 e. The summed E-state index contributed by atoms with van der Waals surface area (Å²) >= 11 is 0. The van der Waals surface area contributed by atoms with Crippen LogP contribution in [-0.4, -0.2) is 63.3 Å². The SMILES string of the molecule is COc1ccc2c(c1)[C@]1(C[C@H]1c1ccc3c(Nc4nc(C5CC5)cnc4OC)nn(C(=O)OC(C)(C)C)c3c1)C(=O)N2C(=O)OC(C)(C)C. The fraction of sp³-hybridized carbons (Fsp3) is 0.444. The van der Waals surface area contributed by atoms with E-state index in [1.54, 1.807) is 67.0 Å². The van der Waals surface area contributed by atoms with Crippen LogP contribution in [0.5, 0.6) is 11.6 Å². The summed E-state index contributed by atoms with van der Waals surface area (Å²) in [7, 11) is 3.07. The van der Waals surface area contributed by atoms with Crippen molar-refractivity contribution in [3.8, 4) is 11.6 Å². The lowest BCUT2D eigenvalue weighted by molar-refractivity contribution is -0.120. The second kappa shape index (κ2) is 11.2. The van der Waals surface area contributed by atoms with Crippen LogP contribution >= 0.6 is 0 Å². The molecular formula is C36H40N6O7. The lowest BCUT2D eigenvalue weighted by Gasteiger charge is -2.24. The van der Waals surface area contributed by atoms with Gasteiger partial charge >= 0.3 is 12.2 Å². The molecule has 13 heteroatoms. The molecule has 2 aromatic heterocycles. The Morgan fingerprint density at radius 3 is 2.29 bits per heavy atom. The van der Waals surface area contributed by atoms with Crippen molar-refractivity contribution in [2.75, 3.05) is 24.4 Å². The van der Waals surface area contributed by atoms with Crippen molar-refractivity contribution in [1.82, 2.24) is 19.7 Å². The van der Waals surface area contributed by atoms with Crippen molar-refractivity contribution in [1.29, 1.82) is 0 Å². The van der Waals surface area contributed by atoms with E-state index in [2.05, 4.69) is 15.4 Å². The fourth-order valence-corrected chi connectivity index (χ4v) is 6.50. The average Bonchev–Trinajstić information content (AvgIpc) is 3.95. The van der Waals surface area contributed by atoms with E-state index in [0.717, 1.165) is 29.0 Å². The molecular weight excluding hydrogens is 628 g/mol. The third-order valence-corrected chi connectivity index (χ3v) is 8.90. The highest BCUT2D eigenvalue weighted by molar-refractivity contribution is 6.23. The van der Waals surface area contributed by atoms with E-state index in [9.17, 15) is 14.4 Å². The quantitative estimate of drug-likeness (QED) is 0.228. The highest BCUT2D eigenvalue weighted by Gasteiger charge is 2.68. The summed E-state index contributed by atoms with van der Waals surface area (Å²) in [5.74, 6) is 1.31. The van der Waals surface area contributed by atoms with Gasteiger partial charge < -0.3 is 24.3 Å². The van der Waals surface area contributed by atoms with E-state index in [1.807, 2.05) is 24.3 Å². The minimum atomic E-state index is -1.02. The van der Waals surface area contributed by atoms with Gasteiger partial charge in [0.2, 0.25) is 5.91 Å². The number of benzene rings is 2. The number of hydrogen-bond donors (Lipinski definition) is 1. The molecule has 3 heterocycles. The average molecular weight is 669 g/mol. The number of imide groups is 1. The summed E-state index contributed by atoms with van der Waals surface area (Å²) in [6, 6.07) is 10.9. The summed E-state index contributed by atoms with van der Waals surface area (Å²) in [5, 5.41) is 8.51. The van der Waals surface area contributed by atoms with Crippen LogP contribution in [0, 0.1) is 0 Å². The molecule has 1 N–H and O–H groups in total.